The van der Waals surface area contributed by atoms with Gasteiger partial charge in [-0.3, -0.25) is 4.79 Å². The Morgan fingerprint density at radius 3 is 2.33 bits per heavy atom. The Kier molecular flexibility index (Phi) is 4.58. The number of hydrogen-bond acceptors (Lipinski definition) is 2. The molecule has 3 heteroatoms. The molecule has 1 rings (SSSR count). The van der Waals surface area contributed by atoms with E-state index < -0.39 is 0 Å². The second-order valence-electron chi connectivity index (χ2n) is 4.94. The summed E-state index contributed by atoms with van der Waals surface area (Å²) >= 11 is 0. The molecule has 0 aliphatic heterocycles. The van der Waals surface area contributed by atoms with Crippen LogP contribution in [0.15, 0.2) is 0 Å². The Balaban J connectivity index is 2.57. The third-order valence-electron chi connectivity index (χ3n) is 3.56. The van der Waals surface area contributed by atoms with Crippen molar-refractivity contribution in [1.29, 1.82) is 0 Å². The van der Waals surface area contributed by atoms with Crippen LogP contribution in [0.3, 0.4) is 0 Å². The van der Waals surface area contributed by atoms with E-state index >= 15 is 0 Å². The Morgan fingerprint density at radius 1 is 1.40 bits per heavy atom. The molecule has 1 saturated carbocycles. The molecule has 0 aromatic rings. The molecule has 1 aliphatic carbocycles. The van der Waals surface area contributed by atoms with E-state index in [4.69, 9.17) is 5.73 Å². The molecule has 2 N–H and O–H groups in total. The molecule has 3 nitrogen and oxygen atoms in total. The SMILES string of the molecule is CC(C)C(C)C(=O)N(CCN)C1CCC1. The fraction of sp³-hybridized carbons (Fsp3) is 0.917. The smallest absolute Gasteiger partial charge is 0.225 e. The maximum Gasteiger partial charge on any atom is 0.225 e. The fourth-order valence-corrected chi connectivity index (χ4v) is 1.86. The molecular weight excluding hydrogens is 188 g/mol. The summed E-state index contributed by atoms with van der Waals surface area (Å²) in [5.41, 5.74) is 5.57. The van der Waals surface area contributed by atoms with Crippen molar-refractivity contribution in [3.05, 3.63) is 0 Å². The van der Waals surface area contributed by atoms with Crippen LogP contribution in [0.25, 0.3) is 0 Å². The van der Waals surface area contributed by atoms with Crippen molar-refractivity contribution >= 4 is 5.91 Å². The minimum atomic E-state index is 0.122. The van der Waals surface area contributed by atoms with Gasteiger partial charge in [0.1, 0.15) is 0 Å². The number of carbonyl (C=O) groups is 1. The van der Waals surface area contributed by atoms with Gasteiger partial charge in [0.15, 0.2) is 0 Å². The third-order valence-corrected chi connectivity index (χ3v) is 3.56. The second kappa shape index (κ2) is 5.50. The van der Waals surface area contributed by atoms with Crippen LogP contribution in [0.4, 0.5) is 0 Å². The minimum Gasteiger partial charge on any atom is -0.338 e. The highest BCUT2D eigenvalue weighted by atomic mass is 16.2. The monoisotopic (exact) mass is 212 g/mol. The lowest BCUT2D eigenvalue weighted by molar-refractivity contribution is -0.140. The van der Waals surface area contributed by atoms with Crippen LogP contribution in [0, 0.1) is 11.8 Å². The van der Waals surface area contributed by atoms with Gasteiger partial charge in [-0.1, -0.05) is 20.8 Å². The quantitative estimate of drug-likeness (QED) is 0.752. The Hall–Kier alpha value is -0.570. The Bertz CT molecular complexity index is 212. The maximum absolute atomic E-state index is 12.2. The van der Waals surface area contributed by atoms with E-state index in [0.29, 0.717) is 24.4 Å². The summed E-state index contributed by atoms with van der Waals surface area (Å²) in [6, 6.07) is 0.474. The van der Waals surface area contributed by atoms with E-state index in [9.17, 15) is 4.79 Å². The molecular formula is C12H24N2O. The van der Waals surface area contributed by atoms with E-state index in [2.05, 4.69) is 13.8 Å². The van der Waals surface area contributed by atoms with E-state index in [-0.39, 0.29) is 5.92 Å². The zero-order chi connectivity index (χ0) is 11.4. The van der Waals surface area contributed by atoms with Crippen LogP contribution >= 0.6 is 0 Å². The number of amides is 1. The number of nitrogens with zero attached hydrogens (tertiary/aromatic N) is 1. The van der Waals surface area contributed by atoms with Crippen molar-refractivity contribution in [2.45, 2.75) is 46.1 Å². The summed E-state index contributed by atoms with van der Waals surface area (Å²) in [5, 5.41) is 0. The summed E-state index contributed by atoms with van der Waals surface area (Å²) in [6.45, 7) is 7.52. The molecule has 1 unspecified atom stereocenters. The summed E-state index contributed by atoms with van der Waals surface area (Å²) in [4.78, 5) is 14.2. The lowest BCUT2D eigenvalue weighted by atomic mass is 9.89. The minimum absolute atomic E-state index is 0.122. The van der Waals surface area contributed by atoms with Crippen molar-refractivity contribution in [1.82, 2.24) is 4.90 Å². The van der Waals surface area contributed by atoms with Gasteiger partial charge in [-0.2, -0.15) is 0 Å². The molecule has 1 amide bonds. The fourth-order valence-electron chi connectivity index (χ4n) is 1.86. The first kappa shape index (κ1) is 12.5. The maximum atomic E-state index is 12.2. The van der Waals surface area contributed by atoms with Gasteiger partial charge in [-0.05, 0) is 25.2 Å². The predicted molar refractivity (Wildman–Crippen MR) is 62.4 cm³/mol. The highest BCUT2D eigenvalue weighted by Gasteiger charge is 2.31. The summed E-state index contributed by atoms with van der Waals surface area (Å²) in [6.07, 6.45) is 3.59. The number of nitrogens with two attached hydrogens (primary N) is 1. The van der Waals surface area contributed by atoms with Gasteiger partial charge in [0.2, 0.25) is 5.91 Å². The van der Waals surface area contributed by atoms with E-state index in [1.54, 1.807) is 0 Å². The van der Waals surface area contributed by atoms with E-state index in [0.717, 1.165) is 19.4 Å². The van der Waals surface area contributed by atoms with Crippen LogP contribution in [0.1, 0.15) is 40.0 Å². The first-order valence-corrected chi connectivity index (χ1v) is 6.08. The normalized spacial score (nSPS) is 18.7. The molecule has 0 radical (unpaired) electrons. The average molecular weight is 212 g/mol. The van der Waals surface area contributed by atoms with E-state index in [1.807, 2.05) is 11.8 Å². The summed E-state index contributed by atoms with van der Waals surface area (Å²) in [5.74, 6) is 0.829. The molecule has 0 bridgehead atoms. The zero-order valence-electron chi connectivity index (χ0n) is 10.2. The molecule has 1 fully saturated rings. The lowest BCUT2D eigenvalue weighted by Gasteiger charge is -2.39. The summed E-state index contributed by atoms with van der Waals surface area (Å²) in [7, 11) is 0. The Morgan fingerprint density at radius 2 is 2.00 bits per heavy atom. The standard InChI is InChI=1S/C12H24N2O/c1-9(2)10(3)12(15)14(8-7-13)11-5-4-6-11/h9-11H,4-8,13H2,1-3H3. The van der Waals surface area contributed by atoms with Crippen molar-refractivity contribution < 1.29 is 4.79 Å². The number of rotatable bonds is 5. The highest BCUT2D eigenvalue weighted by Crippen LogP contribution is 2.27. The number of hydrogen-bond donors (Lipinski definition) is 1. The predicted octanol–water partition coefficient (Wildman–Crippen LogP) is 1.62. The molecule has 0 aromatic carbocycles. The Labute approximate surface area is 93.0 Å². The van der Waals surface area contributed by atoms with Crippen LogP contribution in [-0.2, 0) is 4.79 Å². The highest BCUT2D eigenvalue weighted by molar-refractivity contribution is 5.79. The van der Waals surface area contributed by atoms with Gasteiger partial charge in [-0.15, -0.1) is 0 Å². The molecule has 0 heterocycles. The van der Waals surface area contributed by atoms with Crippen molar-refractivity contribution in [2.24, 2.45) is 17.6 Å². The van der Waals surface area contributed by atoms with Gasteiger partial charge in [-0.25, -0.2) is 0 Å². The first-order valence-electron chi connectivity index (χ1n) is 6.08. The van der Waals surface area contributed by atoms with Gasteiger partial charge in [0.25, 0.3) is 0 Å². The van der Waals surface area contributed by atoms with Crippen LogP contribution in [-0.4, -0.2) is 29.9 Å². The first-order chi connectivity index (χ1) is 7.07. The molecule has 1 aliphatic rings. The molecule has 15 heavy (non-hydrogen) atoms. The van der Waals surface area contributed by atoms with Crippen molar-refractivity contribution in [2.75, 3.05) is 13.1 Å². The second-order valence-corrected chi connectivity index (χ2v) is 4.94. The van der Waals surface area contributed by atoms with E-state index in [1.165, 1.54) is 6.42 Å². The third kappa shape index (κ3) is 2.94. The van der Waals surface area contributed by atoms with Crippen LogP contribution in [0.2, 0.25) is 0 Å². The van der Waals surface area contributed by atoms with Crippen molar-refractivity contribution in [3.63, 3.8) is 0 Å². The molecule has 0 spiro atoms. The van der Waals surface area contributed by atoms with Crippen LogP contribution in [0.5, 0.6) is 0 Å². The van der Waals surface area contributed by atoms with Crippen LogP contribution < -0.4 is 5.73 Å². The van der Waals surface area contributed by atoms with Gasteiger partial charge in [0.05, 0.1) is 0 Å². The molecule has 0 saturated heterocycles. The average Bonchev–Trinajstić information content (AvgIpc) is 2.12. The van der Waals surface area contributed by atoms with Gasteiger partial charge in [0, 0.05) is 25.0 Å². The lowest BCUT2D eigenvalue weighted by Crippen LogP contribution is -2.49. The largest absolute Gasteiger partial charge is 0.338 e. The van der Waals surface area contributed by atoms with Crippen molar-refractivity contribution in [3.8, 4) is 0 Å². The topological polar surface area (TPSA) is 46.3 Å². The van der Waals surface area contributed by atoms with Gasteiger partial charge >= 0.3 is 0 Å². The number of carbonyl (C=O) groups excluding carboxylic acids is 1. The molecule has 1 atom stereocenters. The summed E-state index contributed by atoms with van der Waals surface area (Å²) < 4.78 is 0. The molecule has 88 valence electrons. The molecule has 0 aromatic heterocycles. The van der Waals surface area contributed by atoms with Gasteiger partial charge < -0.3 is 10.6 Å². The zero-order valence-corrected chi connectivity index (χ0v) is 10.2.